The van der Waals surface area contributed by atoms with Crippen LogP contribution in [0.4, 0.5) is 8.78 Å². The first-order valence-electron chi connectivity index (χ1n) is 9.47. The molecule has 0 aliphatic carbocycles. The lowest BCUT2D eigenvalue weighted by molar-refractivity contribution is 0.0988. The van der Waals surface area contributed by atoms with Crippen LogP contribution in [-0.2, 0) is 18.4 Å². The smallest absolute Gasteiger partial charge is 0.185 e. The van der Waals surface area contributed by atoms with Gasteiger partial charge < -0.3 is 5.73 Å². The van der Waals surface area contributed by atoms with E-state index in [0.717, 1.165) is 6.20 Å². The van der Waals surface area contributed by atoms with Crippen LogP contribution in [0.2, 0.25) is 0 Å². The molecule has 0 radical (unpaired) electrons. The van der Waals surface area contributed by atoms with Crippen molar-refractivity contribution in [1.82, 2.24) is 9.97 Å². The maximum atomic E-state index is 14.8. The standard InChI is InChI=1S/C23H17F2N5O/c1-23(9-20-16(22(27)30-23)8-15(24)12-29-20)17-6-13(2-4-18(17)25)7-21(31)19-5-3-14(10-26)11-28-19/h2-6,8,11-12H,7,9H2,1H3,(H2,27,30). The van der Waals surface area contributed by atoms with Gasteiger partial charge in [-0.05, 0) is 42.8 Å². The summed E-state index contributed by atoms with van der Waals surface area (Å²) in [7, 11) is 0. The Hall–Kier alpha value is -3.99. The first-order valence-corrected chi connectivity index (χ1v) is 9.47. The normalized spacial score (nSPS) is 17.4. The lowest BCUT2D eigenvalue weighted by Gasteiger charge is -2.31. The maximum absolute atomic E-state index is 14.8. The average Bonchev–Trinajstić information content (AvgIpc) is 2.75. The maximum Gasteiger partial charge on any atom is 0.185 e. The minimum absolute atomic E-state index is 0.00149. The van der Waals surface area contributed by atoms with Gasteiger partial charge in [-0.2, -0.15) is 5.26 Å². The number of nitrogens with two attached hydrogens (primary N) is 1. The highest BCUT2D eigenvalue weighted by Crippen LogP contribution is 2.36. The molecule has 1 unspecified atom stereocenters. The Morgan fingerprint density at radius 1 is 1.19 bits per heavy atom. The molecule has 2 N–H and O–H groups in total. The van der Waals surface area contributed by atoms with Gasteiger partial charge in [0.25, 0.3) is 0 Å². The monoisotopic (exact) mass is 417 g/mol. The summed E-state index contributed by atoms with van der Waals surface area (Å²) >= 11 is 0. The molecule has 0 saturated carbocycles. The third-order valence-corrected chi connectivity index (χ3v) is 5.25. The number of benzene rings is 1. The summed E-state index contributed by atoms with van der Waals surface area (Å²) in [6.45, 7) is 1.72. The summed E-state index contributed by atoms with van der Waals surface area (Å²) in [6.07, 6.45) is 2.65. The van der Waals surface area contributed by atoms with Crippen LogP contribution >= 0.6 is 0 Å². The SMILES string of the molecule is CC1(c2cc(CC(=O)c3ccc(C#N)cn3)ccc2F)Cc2ncc(F)cc2C(N)=N1. The van der Waals surface area contributed by atoms with Crippen molar-refractivity contribution in [1.29, 1.82) is 5.26 Å². The molecule has 1 atom stereocenters. The zero-order chi connectivity index (χ0) is 22.2. The van der Waals surface area contributed by atoms with Crippen LogP contribution in [0.3, 0.4) is 0 Å². The van der Waals surface area contributed by atoms with Crippen LogP contribution in [0.15, 0.2) is 53.8 Å². The molecule has 0 saturated heterocycles. The third-order valence-electron chi connectivity index (χ3n) is 5.25. The molecule has 0 spiro atoms. The van der Waals surface area contributed by atoms with E-state index in [9.17, 15) is 13.6 Å². The molecular formula is C23H17F2N5O. The molecule has 1 aliphatic rings. The van der Waals surface area contributed by atoms with Gasteiger partial charge in [0.2, 0.25) is 0 Å². The predicted molar refractivity (Wildman–Crippen MR) is 109 cm³/mol. The van der Waals surface area contributed by atoms with Crippen molar-refractivity contribution in [3.63, 3.8) is 0 Å². The molecule has 0 bridgehead atoms. The fraction of sp³-hybridized carbons (Fsp3) is 0.174. The van der Waals surface area contributed by atoms with Gasteiger partial charge in [-0.15, -0.1) is 0 Å². The third kappa shape index (κ3) is 3.90. The fourth-order valence-corrected chi connectivity index (χ4v) is 3.67. The second-order valence-electron chi connectivity index (χ2n) is 7.55. The highest BCUT2D eigenvalue weighted by Gasteiger charge is 2.35. The quantitative estimate of drug-likeness (QED) is 0.656. The molecule has 3 heterocycles. The Bertz CT molecular complexity index is 1260. The highest BCUT2D eigenvalue weighted by atomic mass is 19.1. The number of carbonyl (C=O) groups is 1. The van der Waals surface area contributed by atoms with E-state index in [0.29, 0.717) is 22.4 Å². The van der Waals surface area contributed by atoms with Gasteiger partial charge in [-0.1, -0.05) is 6.07 Å². The zero-order valence-corrected chi connectivity index (χ0v) is 16.6. The summed E-state index contributed by atoms with van der Waals surface area (Å²) in [4.78, 5) is 25.1. The van der Waals surface area contributed by atoms with Crippen molar-refractivity contribution in [3.8, 4) is 6.07 Å². The largest absolute Gasteiger partial charge is 0.383 e. The van der Waals surface area contributed by atoms with E-state index in [-0.39, 0.29) is 35.7 Å². The Kier molecular flexibility index (Phi) is 5.03. The van der Waals surface area contributed by atoms with E-state index in [4.69, 9.17) is 11.0 Å². The summed E-state index contributed by atoms with van der Waals surface area (Å²) in [5, 5.41) is 8.85. The minimum atomic E-state index is -1.06. The Balaban J connectivity index is 1.65. The first kappa shape index (κ1) is 20.3. The van der Waals surface area contributed by atoms with Crippen molar-refractivity contribution < 1.29 is 13.6 Å². The highest BCUT2D eigenvalue weighted by molar-refractivity contribution is 5.99. The molecule has 31 heavy (non-hydrogen) atoms. The van der Waals surface area contributed by atoms with E-state index in [1.807, 2.05) is 6.07 Å². The molecule has 1 aliphatic heterocycles. The summed E-state index contributed by atoms with van der Waals surface area (Å²) in [5.41, 5.74) is 7.33. The van der Waals surface area contributed by atoms with Crippen LogP contribution in [-0.4, -0.2) is 21.6 Å². The van der Waals surface area contributed by atoms with Gasteiger partial charge in [0.1, 0.15) is 29.2 Å². The Morgan fingerprint density at radius 2 is 2.00 bits per heavy atom. The molecule has 4 rings (SSSR count). The number of rotatable bonds is 4. The van der Waals surface area contributed by atoms with E-state index in [2.05, 4.69) is 15.0 Å². The number of ketones is 1. The summed E-state index contributed by atoms with van der Waals surface area (Å²) in [6, 6.07) is 10.6. The number of Topliss-reactive ketones (excluding diaryl/α,β-unsaturated/α-hetero) is 1. The Labute approximate surface area is 177 Å². The van der Waals surface area contributed by atoms with Gasteiger partial charge in [0.15, 0.2) is 5.78 Å². The second-order valence-corrected chi connectivity index (χ2v) is 7.55. The number of fused-ring (bicyclic) bond motifs is 1. The number of carbonyl (C=O) groups excluding carboxylic acids is 1. The number of aliphatic imine (C=N–C) groups is 1. The minimum Gasteiger partial charge on any atom is -0.383 e. The number of amidine groups is 1. The summed E-state index contributed by atoms with van der Waals surface area (Å²) < 4.78 is 28.3. The van der Waals surface area contributed by atoms with Crippen molar-refractivity contribution in [2.75, 3.05) is 0 Å². The molecular weight excluding hydrogens is 400 g/mol. The molecule has 6 nitrogen and oxygen atoms in total. The van der Waals surface area contributed by atoms with Gasteiger partial charge >= 0.3 is 0 Å². The van der Waals surface area contributed by atoms with E-state index in [1.165, 1.54) is 36.5 Å². The van der Waals surface area contributed by atoms with Crippen molar-refractivity contribution in [2.24, 2.45) is 10.7 Å². The van der Waals surface area contributed by atoms with Gasteiger partial charge in [-0.25, -0.2) is 8.78 Å². The second kappa shape index (κ2) is 7.69. The van der Waals surface area contributed by atoms with Crippen LogP contribution < -0.4 is 5.73 Å². The van der Waals surface area contributed by atoms with E-state index < -0.39 is 17.2 Å². The number of aromatic nitrogens is 2. The fourth-order valence-electron chi connectivity index (χ4n) is 3.67. The van der Waals surface area contributed by atoms with Gasteiger partial charge in [0.05, 0.1) is 23.0 Å². The van der Waals surface area contributed by atoms with Crippen molar-refractivity contribution in [3.05, 3.63) is 94.1 Å². The number of pyridine rings is 2. The molecule has 2 aromatic heterocycles. The van der Waals surface area contributed by atoms with E-state index >= 15 is 0 Å². The predicted octanol–water partition coefficient (Wildman–Crippen LogP) is 3.23. The number of nitriles is 1. The van der Waals surface area contributed by atoms with Gasteiger partial charge in [0, 0.05) is 30.2 Å². The molecule has 0 amide bonds. The molecule has 8 heteroatoms. The van der Waals surface area contributed by atoms with Crippen LogP contribution in [0, 0.1) is 23.0 Å². The first-order chi connectivity index (χ1) is 14.8. The number of hydrogen-bond acceptors (Lipinski definition) is 6. The summed E-state index contributed by atoms with van der Waals surface area (Å²) in [5.74, 6) is -1.19. The Morgan fingerprint density at radius 3 is 2.71 bits per heavy atom. The van der Waals surface area contributed by atoms with Gasteiger partial charge in [-0.3, -0.25) is 19.8 Å². The average molecular weight is 417 g/mol. The lowest BCUT2D eigenvalue weighted by atomic mass is 9.83. The van der Waals surface area contributed by atoms with Crippen molar-refractivity contribution in [2.45, 2.75) is 25.3 Å². The van der Waals surface area contributed by atoms with Crippen molar-refractivity contribution >= 4 is 11.6 Å². The topological polar surface area (TPSA) is 105 Å². The van der Waals surface area contributed by atoms with Crippen LogP contribution in [0.25, 0.3) is 0 Å². The van der Waals surface area contributed by atoms with E-state index in [1.54, 1.807) is 13.0 Å². The number of halogens is 2. The number of hydrogen-bond donors (Lipinski definition) is 1. The lowest BCUT2D eigenvalue weighted by Crippen LogP contribution is -2.35. The van der Waals surface area contributed by atoms with Crippen LogP contribution in [0.5, 0.6) is 0 Å². The molecule has 3 aromatic rings. The zero-order valence-electron chi connectivity index (χ0n) is 16.6. The molecule has 1 aromatic carbocycles. The molecule has 0 fully saturated rings. The molecule has 154 valence electrons. The number of nitrogens with zero attached hydrogens (tertiary/aromatic N) is 4. The van der Waals surface area contributed by atoms with Crippen LogP contribution in [0.1, 0.15) is 45.4 Å².